The lowest BCUT2D eigenvalue weighted by molar-refractivity contribution is -0.118. The summed E-state index contributed by atoms with van der Waals surface area (Å²) in [5.74, 6) is 0.492. The van der Waals surface area contributed by atoms with Crippen LogP contribution in [-0.2, 0) is 9.53 Å². The molecule has 8 nitrogen and oxygen atoms in total. The Morgan fingerprint density at radius 1 is 1.06 bits per heavy atom. The largest absolute Gasteiger partial charge is 0.378 e. The Morgan fingerprint density at radius 3 is 2.56 bits per heavy atom. The molecule has 1 saturated heterocycles. The summed E-state index contributed by atoms with van der Waals surface area (Å²) < 4.78 is 7.29. The van der Waals surface area contributed by atoms with Gasteiger partial charge in [0, 0.05) is 35.3 Å². The Hall–Kier alpha value is -3.52. The van der Waals surface area contributed by atoms with Gasteiger partial charge in [-0.1, -0.05) is 38.1 Å². The first kappa shape index (κ1) is 20.4. The molecule has 0 bridgehead atoms. The Kier molecular flexibility index (Phi) is 5.22. The Bertz CT molecular complexity index is 1310. The van der Waals surface area contributed by atoms with E-state index in [0.29, 0.717) is 24.7 Å². The van der Waals surface area contributed by atoms with Gasteiger partial charge >= 0.3 is 0 Å². The molecule has 0 atom stereocenters. The summed E-state index contributed by atoms with van der Waals surface area (Å²) in [5, 5.41) is 18.8. The number of carbonyl (C=O) groups is 1. The maximum Gasteiger partial charge on any atom is 0.226 e. The number of aryl methyl sites for hydroxylation is 1. The number of rotatable bonds is 4. The second-order valence-corrected chi connectivity index (χ2v) is 8.37. The summed E-state index contributed by atoms with van der Waals surface area (Å²) in [6.45, 7) is 8.67. The van der Waals surface area contributed by atoms with Crippen molar-refractivity contribution < 1.29 is 9.53 Å². The zero-order chi connectivity index (χ0) is 22.2. The number of fused-ring (bicyclic) bond motifs is 3. The van der Waals surface area contributed by atoms with Crippen LogP contribution >= 0.6 is 0 Å². The van der Waals surface area contributed by atoms with Crippen molar-refractivity contribution in [2.24, 2.45) is 5.92 Å². The summed E-state index contributed by atoms with van der Waals surface area (Å²) in [6.07, 6.45) is 0. The third-order valence-corrected chi connectivity index (χ3v) is 5.84. The highest BCUT2D eigenvalue weighted by molar-refractivity contribution is 5.97. The molecule has 5 rings (SSSR count). The van der Waals surface area contributed by atoms with Crippen LogP contribution in [0.2, 0.25) is 0 Å². The van der Waals surface area contributed by atoms with E-state index in [9.17, 15) is 4.79 Å². The third kappa shape index (κ3) is 3.56. The molecule has 0 aliphatic carbocycles. The number of amides is 1. The van der Waals surface area contributed by atoms with Crippen LogP contribution in [0.15, 0.2) is 42.5 Å². The van der Waals surface area contributed by atoms with Crippen molar-refractivity contribution in [3.8, 4) is 11.4 Å². The van der Waals surface area contributed by atoms with E-state index in [2.05, 4.69) is 20.4 Å². The molecule has 4 aromatic rings. The quantitative estimate of drug-likeness (QED) is 0.532. The number of aromatic nitrogens is 4. The normalized spacial score (nSPS) is 14.4. The molecule has 0 spiro atoms. The van der Waals surface area contributed by atoms with Gasteiger partial charge in [0.25, 0.3) is 0 Å². The molecule has 1 aliphatic rings. The fraction of sp³-hybridized carbons (Fsp3) is 0.333. The predicted octanol–water partition coefficient (Wildman–Crippen LogP) is 3.68. The molecular formula is C24H26N6O2. The molecule has 0 unspecified atom stereocenters. The van der Waals surface area contributed by atoms with Gasteiger partial charge in [-0.25, -0.2) is 0 Å². The second kappa shape index (κ2) is 8.20. The summed E-state index contributed by atoms with van der Waals surface area (Å²) in [4.78, 5) is 14.8. The number of benzene rings is 2. The molecule has 1 N–H and O–H groups in total. The Balaban J connectivity index is 1.63. The Morgan fingerprint density at radius 2 is 1.81 bits per heavy atom. The highest BCUT2D eigenvalue weighted by atomic mass is 16.5. The molecule has 0 radical (unpaired) electrons. The van der Waals surface area contributed by atoms with E-state index in [1.807, 2.05) is 63.2 Å². The molecule has 2 aromatic carbocycles. The van der Waals surface area contributed by atoms with Crippen LogP contribution in [0, 0.1) is 12.8 Å². The van der Waals surface area contributed by atoms with Crippen LogP contribution in [-0.4, -0.2) is 52.0 Å². The maximum absolute atomic E-state index is 12.5. The van der Waals surface area contributed by atoms with Crippen molar-refractivity contribution in [3.05, 3.63) is 48.2 Å². The highest BCUT2D eigenvalue weighted by Gasteiger charge is 2.20. The van der Waals surface area contributed by atoms with E-state index >= 15 is 0 Å². The number of hydrogen-bond donors (Lipinski definition) is 1. The summed E-state index contributed by atoms with van der Waals surface area (Å²) in [6, 6.07) is 14.1. The van der Waals surface area contributed by atoms with Crippen molar-refractivity contribution in [1.82, 2.24) is 19.8 Å². The van der Waals surface area contributed by atoms with Crippen LogP contribution in [0.5, 0.6) is 0 Å². The zero-order valence-electron chi connectivity index (χ0n) is 18.5. The molecule has 1 amide bonds. The van der Waals surface area contributed by atoms with E-state index in [1.54, 1.807) is 4.52 Å². The van der Waals surface area contributed by atoms with E-state index in [4.69, 9.17) is 9.84 Å². The van der Waals surface area contributed by atoms with Gasteiger partial charge in [-0.3, -0.25) is 4.79 Å². The second-order valence-electron chi connectivity index (χ2n) is 8.37. The Labute approximate surface area is 186 Å². The number of nitrogens with one attached hydrogen (secondary N) is 1. The molecule has 3 heterocycles. The average molecular weight is 431 g/mol. The summed E-state index contributed by atoms with van der Waals surface area (Å²) in [7, 11) is 0. The number of nitrogens with zero attached hydrogens (tertiary/aromatic N) is 5. The van der Waals surface area contributed by atoms with Crippen LogP contribution < -0.4 is 10.2 Å². The van der Waals surface area contributed by atoms with Crippen molar-refractivity contribution in [2.75, 3.05) is 36.5 Å². The van der Waals surface area contributed by atoms with Crippen molar-refractivity contribution in [2.45, 2.75) is 20.8 Å². The minimum atomic E-state index is -0.124. The SMILES string of the molecule is Cc1nn2c(-c3ccc(N4CCOCC4)c(NC(=O)C(C)C)c3)nnc2c2ccccc12. The molecule has 2 aromatic heterocycles. The smallest absolute Gasteiger partial charge is 0.226 e. The summed E-state index contributed by atoms with van der Waals surface area (Å²) in [5.41, 5.74) is 4.21. The maximum atomic E-state index is 12.5. The lowest BCUT2D eigenvalue weighted by atomic mass is 10.1. The number of morpholine rings is 1. The zero-order valence-corrected chi connectivity index (χ0v) is 18.5. The lowest BCUT2D eigenvalue weighted by Gasteiger charge is -2.31. The number of carbonyl (C=O) groups excluding carboxylic acids is 1. The first-order valence-corrected chi connectivity index (χ1v) is 10.9. The standard InChI is InChI=1S/C24H26N6O2/c1-15(2)24(31)25-20-14-17(8-9-21(20)29-10-12-32-13-11-29)22-26-27-23-19-7-5-4-6-18(19)16(3)28-30(22)23/h4-9,14-15H,10-13H2,1-3H3,(H,25,31). The minimum absolute atomic E-state index is 0.0253. The number of ether oxygens (including phenoxy) is 1. The van der Waals surface area contributed by atoms with Crippen molar-refractivity contribution in [1.29, 1.82) is 0 Å². The van der Waals surface area contributed by atoms with E-state index in [-0.39, 0.29) is 11.8 Å². The molecule has 0 saturated carbocycles. The molecule has 32 heavy (non-hydrogen) atoms. The fourth-order valence-corrected chi connectivity index (χ4v) is 4.05. The molecule has 1 aliphatic heterocycles. The van der Waals surface area contributed by atoms with E-state index in [0.717, 1.165) is 46.5 Å². The van der Waals surface area contributed by atoms with Crippen LogP contribution in [0.25, 0.3) is 27.8 Å². The fourth-order valence-electron chi connectivity index (χ4n) is 4.05. The summed E-state index contributed by atoms with van der Waals surface area (Å²) >= 11 is 0. The minimum Gasteiger partial charge on any atom is -0.378 e. The molecule has 164 valence electrons. The number of hydrogen-bond acceptors (Lipinski definition) is 6. The van der Waals surface area contributed by atoms with Gasteiger partial charge in [0.1, 0.15) is 0 Å². The van der Waals surface area contributed by atoms with Gasteiger partial charge in [0.2, 0.25) is 5.91 Å². The van der Waals surface area contributed by atoms with Gasteiger partial charge in [-0.2, -0.15) is 9.61 Å². The van der Waals surface area contributed by atoms with Crippen LogP contribution in [0.4, 0.5) is 11.4 Å². The predicted molar refractivity (Wildman–Crippen MR) is 125 cm³/mol. The van der Waals surface area contributed by atoms with Crippen LogP contribution in [0.3, 0.4) is 0 Å². The van der Waals surface area contributed by atoms with Crippen LogP contribution in [0.1, 0.15) is 19.5 Å². The first-order chi connectivity index (χ1) is 15.5. The van der Waals surface area contributed by atoms with E-state index < -0.39 is 0 Å². The van der Waals surface area contributed by atoms with Gasteiger partial charge in [0.15, 0.2) is 11.5 Å². The number of anilines is 2. The van der Waals surface area contributed by atoms with Gasteiger partial charge in [0.05, 0.1) is 30.3 Å². The highest BCUT2D eigenvalue weighted by Crippen LogP contribution is 2.33. The first-order valence-electron chi connectivity index (χ1n) is 10.9. The molecule has 1 fully saturated rings. The average Bonchev–Trinajstić information content (AvgIpc) is 3.23. The molecule has 8 heteroatoms. The van der Waals surface area contributed by atoms with Gasteiger partial charge in [-0.15, -0.1) is 10.2 Å². The van der Waals surface area contributed by atoms with E-state index in [1.165, 1.54) is 0 Å². The van der Waals surface area contributed by atoms with Gasteiger partial charge in [-0.05, 0) is 25.1 Å². The van der Waals surface area contributed by atoms with Crippen molar-refractivity contribution >= 4 is 33.7 Å². The van der Waals surface area contributed by atoms with Crippen molar-refractivity contribution in [3.63, 3.8) is 0 Å². The van der Waals surface area contributed by atoms with Gasteiger partial charge < -0.3 is 15.0 Å². The topological polar surface area (TPSA) is 84.6 Å². The third-order valence-electron chi connectivity index (χ3n) is 5.84. The lowest BCUT2D eigenvalue weighted by Crippen LogP contribution is -2.37. The monoisotopic (exact) mass is 430 g/mol. The molecular weight excluding hydrogens is 404 g/mol.